The Morgan fingerprint density at radius 1 is 1.05 bits per heavy atom. The van der Waals surface area contributed by atoms with Gasteiger partial charge in [0.25, 0.3) is 11.4 Å². The van der Waals surface area contributed by atoms with Gasteiger partial charge >= 0.3 is 0 Å². The van der Waals surface area contributed by atoms with Crippen LogP contribution < -0.4 is 16.0 Å². The van der Waals surface area contributed by atoms with Crippen molar-refractivity contribution in [3.05, 3.63) is 87.5 Å². The largest absolute Gasteiger partial charge is 0.473 e. The first-order chi connectivity index (χ1) is 19.6. The van der Waals surface area contributed by atoms with Crippen LogP contribution in [0.1, 0.15) is 38.1 Å². The fourth-order valence-electron chi connectivity index (χ4n) is 4.95. The number of pyridine rings is 2. The number of rotatable bonds is 6. The highest BCUT2D eigenvalue weighted by Gasteiger charge is 2.26. The van der Waals surface area contributed by atoms with Crippen molar-refractivity contribution in [2.45, 2.75) is 39.8 Å². The minimum Gasteiger partial charge on any atom is -0.473 e. The van der Waals surface area contributed by atoms with Crippen molar-refractivity contribution < 1.29 is 13.5 Å². The second-order valence-electron chi connectivity index (χ2n) is 9.95. The van der Waals surface area contributed by atoms with Gasteiger partial charge in [-0.1, -0.05) is 12.1 Å². The van der Waals surface area contributed by atoms with E-state index in [2.05, 4.69) is 15.0 Å². The summed E-state index contributed by atoms with van der Waals surface area (Å²) in [5.74, 6) is -1.08. The van der Waals surface area contributed by atoms with Gasteiger partial charge in [-0.05, 0) is 63.1 Å². The second kappa shape index (κ2) is 10.0. The number of fused-ring (bicyclic) bond motifs is 2. The van der Waals surface area contributed by atoms with E-state index in [1.165, 1.54) is 42.1 Å². The minimum atomic E-state index is -0.651. The molecule has 0 amide bonds. The molecule has 2 N–H and O–H groups in total. The van der Waals surface area contributed by atoms with Crippen LogP contribution in [0.5, 0.6) is 5.88 Å². The van der Waals surface area contributed by atoms with Gasteiger partial charge in [-0.3, -0.25) is 9.20 Å². The van der Waals surface area contributed by atoms with Crippen LogP contribution in [0.3, 0.4) is 0 Å². The molecule has 5 aromatic heterocycles. The molecule has 208 valence electrons. The summed E-state index contributed by atoms with van der Waals surface area (Å²) in [4.78, 5) is 27.3. The normalized spacial score (nSPS) is 12.5. The van der Waals surface area contributed by atoms with Crippen LogP contribution in [0.25, 0.3) is 38.2 Å². The number of ether oxygens (including phenoxy) is 1. The van der Waals surface area contributed by atoms with E-state index in [1.54, 1.807) is 35.1 Å². The van der Waals surface area contributed by atoms with Crippen molar-refractivity contribution in [2.24, 2.45) is 0 Å². The third-order valence-corrected chi connectivity index (χ3v) is 7.79. The Morgan fingerprint density at radius 2 is 1.85 bits per heavy atom. The van der Waals surface area contributed by atoms with E-state index in [1.807, 2.05) is 25.3 Å². The Balaban J connectivity index is 1.59. The number of halogens is 2. The van der Waals surface area contributed by atoms with Crippen LogP contribution in [-0.2, 0) is 0 Å². The summed E-state index contributed by atoms with van der Waals surface area (Å²) in [6.45, 7) is 7.27. The van der Waals surface area contributed by atoms with Crippen molar-refractivity contribution >= 4 is 33.0 Å². The smallest absolute Gasteiger partial charge is 0.264 e. The number of nitrogens with zero attached hydrogens (tertiary/aromatic N) is 6. The summed E-state index contributed by atoms with van der Waals surface area (Å²) in [5, 5.41) is 7.11. The standard InChI is InChI=1S/C29H25F2N7O2S/c1-14(2)40-28-21(31)9-18(11-33-28)25-24-26(32)34-13-35-27(24)38(36-25)16(4)20-10-22-37(15(3)12-41-22)29(39)23(20)17-6-5-7-19(30)8-17/h5-14,16H,1-4H3,(H2,32,34,35)/t16-/m0/s1. The highest BCUT2D eigenvalue weighted by Crippen LogP contribution is 2.36. The van der Waals surface area contributed by atoms with E-state index in [4.69, 9.17) is 15.6 Å². The average molecular weight is 574 g/mol. The van der Waals surface area contributed by atoms with Gasteiger partial charge in [-0.2, -0.15) is 5.10 Å². The Bertz CT molecular complexity index is 2010. The summed E-state index contributed by atoms with van der Waals surface area (Å²) in [6.07, 6.45) is 2.52. The molecule has 0 fully saturated rings. The number of thiazole rings is 1. The molecule has 1 aromatic carbocycles. The van der Waals surface area contributed by atoms with Gasteiger partial charge in [0.2, 0.25) is 0 Å². The fourth-order valence-corrected chi connectivity index (χ4v) is 5.88. The Labute approximate surface area is 236 Å². The summed E-state index contributed by atoms with van der Waals surface area (Å²) in [5.41, 5.74) is 9.24. The second-order valence-corrected chi connectivity index (χ2v) is 10.8. The van der Waals surface area contributed by atoms with E-state index in [0.717, 1.165) is 10.5 Å². The minimum absolute atomic E-state index is 0.121. The quantitative estimate of drug-likeness (QED) is 0.268. The zero-order valence-corrected chi connectivity index (χ0v) is 23.4. The van der Waals surface area contributed by atoms with E-state index in [0.29, 0.717) is 39.0 Å². The SMILES string of the molecule is Cc1csc2cc([C@H](C)n3nc(-c4cnc(OC(C)C)c(F)c4)c4c(N)ncnc43)c(-c3cccc(F)c3)c(=O)n12. The maximum atomic E-state index is 14.9. The maximum Gasteiger partial charge on any atom is 0.264 e. The van der Waals surface area contributed by atoms with Crippen LogP contribution in [0.4, 0.5) is 14.6 Å². The number of hydrogen-bond donors (Lipinski definition) is 1. The van der Waals surface area contributed by atoms with Crippen LogP contribution in [0.15, 0.2) is 59.1 Å². The molecule has 0 saturated heterocycles. The first-order valence-corrected chi connectivity index (χ1v) is 13.7. The van der Waals surface area contributed by atoms with Crippen molar-refractivity contribution in [1.82, 2.24) is 29.1 Å². The molecule has 0 saturated carbocycles. The number of anilines is 1. The molecule has 0 aliphatic rings. The number of aryl methyl sites for hydroxylation is 1. The van der Waals surface area contributed by atoms with Gasteiger partial charge in [-0.15, -0.1) is 11.3 Å². The van der Waals surface area contributed by atoms with Crippen molar-refractivity contribution in [3.63, 3.8) is 0 Å². The Morgan fingerprint density at radius 3 is 2.59 bits per heavy atom. The molecule has 6 rings (SSSR count). The molecule has 0 bridgehead atoms. The third-order valence-electron chi connectivity index (χ3n) is 6.78. The van der Waals surface area contributed by atoms with Gasteiger partial charge in [0.05, 0.1) is 23.1 Å². The molecule has 6 aromatic rings. The lowest BCUT2D eigenvalue weighted by Crippen LogP contribution is -2.21. The van der Waals surface area contributed by atoms with Crippen LogP contribution in [-0.4, -0.2) is 35.2 Å². The van der Waals surface area contributed by atoms with Crippen LogP contribution in [0, 0.1) is 18.6 Å². The number of hydrogen-bond acceptors (Lipinski definition) is 8. The molecule has 5 heterocycles. The average Bonchev–Trinajstić information content (AvgIpc) is 3.51. The van der Waals surface area contributed by atoms with E-state index < -0.39 is 17.7 Å². The molecular weight excluding hydrogens is 548 g/mol. The molecule has 0 aliphatic carbocycles. The third kappa shape index (κ3) is 4.49. The number of nitrogen functional groups attached to an aromatic ring is 1. The predicted octanol–water partition coefficient (Wildman–Crippen LogP) is 5.80. The highest BCUT2D eigenvalue weighted by molar-refractivity contribution is 7.15. The molecule has 9 nitrogen and oxygen atoms in total. The highest BCUT2D eigenvalue weighted by atomic mass is 32.1. The van der Waals surface area contributed by atoms with Gasteiger partial charge < -0.3 is 10.5 Å². The number of benzene rings is 1. The van der Waals surface area contributed by atoms with Crippen molar-refractivity contribution in [3.8, 4) is 28.3 Å². The summed E-state index contributed by atoms with van der Waals surface area (Å²) < 4.78 is 38.0. The lowest BCUT2D eigenvalue weighted by atomic mass is 9.97. The summed E-state index contributed by atoms with van der Waals surface area (Å²) in [6, 6.07) is 8.54. The molecule has 0 radical (unpaired) electrons. The van der Waals surface area contributed by atoms with Crippen molar-refractivity contribution in [2.75, 3.05) is 5.73 Å². The molecular formula is C29H25F2N7O2S. The zero-order valence-electron chi connectivity index (χ0n) is 22.6. The first-order valence-electron chi connectivity index (χ1n) is 12.8. The zero-order chi connectivity index (χ0) is 29.0. The summed E-state index contributed by atoms with van der Waals surface area (Å²) in [7, 11) is 0. The predicted molar refractivity (Wildman–Crippen MR) is 154 cm³/mol. The van der Waals surface area contributed by atoms with Gasteiger partial charge in [0.1, 0.15) is 28.5 Å². The molecule has 12 heteroatoms. The van der Waals surface area contributed by atoms with Crippen molar-refractivity contribution in [1.29, 1.82) is 0 Å². The lowest BCUT2D eigenvalue weighted by Gasteiger charge is -2.18. The first kappa shape index (κ1) is 26.5. The number of nitrogens with two attached hydrogens (primary N) is 1. The Kier molecular flexibility index (Phi) is 6.49. The molecule has 1 atom stereocenters. The van der Waals surface area contributed by atoms with Gasteiger partial charge in [0.15, 0.2) is 11.5 Å². The van der Waals surface area contributed by atoms with Gasteiger partial charge in [0, 0.05) is 22.8 Å². The molecule has 0 unspecified atom stereocenters. The maximum absolute atomic E-state index is 14.9. The van der Waals surface area contributed by atoms with E-state index in [-0.39, 0.29) is 23.4 Å². The summed E-state index contributed by atoms with van der Waals surface area (Å²) >= 11 is 1.43. The lowest BCUT2D eigenvalue weighted by molar-refractivity contribution is 0.221. The monoisotopic (exact) mass is 573 g/mol. The molecule has 0 aliphatic heterocycles. The van der Waals surface area contributed by atoms with Crippen LogP contribution >= 0.6 is 11.3 Å². The van der Waals surface area contributed by atoms with E-state index >= 15 is 0 Å². The van der Waals surface area contributed by atoms with Crippen LogP contribution in [0.2, 0.25) is 0 Å². The topological polar surface area (TPSA) is 113 Å². The number of aromatic nitrogens is 6. The molecule has 0 spiro atoms. The molecule has 41 heavy (non-hydrogen) atoms. The Hall–Kier alpha value is -4.71. The van der Waals surface area contributed by atoms with E-state index in [9.17, 15) is 13.6 Å². The van der Waals surface area contributed by atoms with Gasteiger partial charge in [-0.25, -0.2) is 28.4 Å². The fraction of sp³-hybridized carbons (Fsp3) is 0.207.